The fraction of sp³-hybridized carbons (Fsp3) is 0.317. The Morgan fingerprint density at radius 1 is 0.652 bits per heavy atom. The van der Waals surface area contributed by atoms with E-state index in [0.29, 0.717) is 11.8 Å². The molecule has 0 spiro atoms. The number of rotatable bonds is 9. The summed E-state index contributed by atoms with van der Waals surface area (Å²) in [7, 11) is 7.24. The summed E-state index contributed by atoms with van der Waals surface area (Å²) in [6.45, 7) is 24.8. The maximum atomic E-state index is 6.46. The third-order valence-electron chi connectivity index (χ3n) is 14.8. The maximum Gasteiger partial charge on any atom is 0.134 e. The van der Waals surface area contributed by atoms with Crippen LogP contribution < -0.4 is 14.3 Å². The van der Waals surface area contributed by atoms with E-state index in [0.717, 1.165) is 56.2 Å². The first-order chi connectivity index (χ1) is 32.6. The van der Waals surface area contributed by atoms with Crippen molar-refractivity contribution in [1.82, 2.24) is 4.98 Å². The van der Waals surface area contributed by atoms with Gasteiger partial charge in [0.2, 0.25) is 0 Å². The van der Waals surface area contributed by atoms with Gasteiger partial charge in [-0.2, -0.15) is 31.0 Å². The number of hydrogen-bond acceptors (Lipinski definition) is 2. The quantitative estimate of drug-likeness (QED) is 0.0820. The average molecular weight is 1110 g/mol. The fourth-order valence-corrected chi connectivity index (χ4v) is 12.9. The second-order valence-electron chi connectivity index (χ2n) is 21.4. The molecule has 0 N–H and O–H groups in total. The molecule has 8 aromatic rings. The predicted molar refractivity (Wildman–Crippen MR) is 289 cm³/mol. The zero-order valence-electron chi connectivity index (χ0n) is 42.2. The molecule has 6 heteroatoms. The Kier molecular flexibility index (Phi) is 15.1. The van der Waals surface area contributed by atoms with Crippen molar-refractivity contribution in [3.05, 3.63) is 183 Å². The summed E-state index contributed by atoms with van der Waals surface area (Å²) in [5.41, 5.74) is 19.6. The SMILES string of the molecule is [CH2-]c1cc(-c2cc(C)nc(C)c2)ccc1-c1cc(CC2CCCC2)c([Si](C)(C)C)c[n+]1[CH2-].[CH2-]c1cc2oc3cc(-c4ccccc4)cc(C(C)C)c3c2cc1-c1cc(C2CCCCC2)cc[n+]1[CH2-].[Ir]. The van der Waals surface area contributed by atoms with Gasteiger partial charge in [-0.05, 0) is 96.5 Å². The Morgan fingerprint density at radius 3 is 1.97 bits per heavy atom. The topological polar surface area (TPSA) is 33.8 Å². The fourth-order valence-electron chi connectivity index (χ4n) is 11.2. The van der Waals surface area contributed by atoms with E-state index in [1.165, 1.54) is 120 Å². The molecule has 4 aromatic carbocycles. The molecule has 69 heavy (non-hydrogen) atoms. The van der Waals surface area contributed by atoms with Crippen molar-refractivity contribution >= 4 is 35.2 Å². The summed E-state index contributed by atoms with van der Waals surface area (Å²) in [4.78, 5) is 4.51. The molecule has 0 amide bonds. The molecular formula is C63H71IrN3OSi-2. The van der Waals surface area contributed by atoms with Gasteiger partial charge >= 0.3 is 0 Å². The van der Waals surface area contributed by atoms with Crippen LogP contribution in [0.5, 0.6) is 0 Å². The van der Waals surface area contributed by atoms with Gasteiger partial charge in [0.05, 0.1) is 37.4 Å². The van der Waals surface area contributed by atoms with Crippen molar-refractivity contribution in [2.24, 2.45) is 5.92 Å². The molecule has 4 nitrogen and oxygen atoms in total. The van der Waals surface area contributed by atoms with Gasteiger partial charge in [-0.3, -0.25) is 4.98 Å². The molecule has 4 heterocycles. The summed E-state index contributed by atoms with van der Waals surface area (Å²) in [5.74, 6) is 1.85. The minimum atomic E-state index is -1.46. The second kappa shape index (κ2) is 20.8. The third-order valence-corrected chi connectivity index (χ3v) is 16.9. The van der Waals surface area contributed by atoms with Crippen molar-refractivity contribution < 1.29 is 33.7 Å². The van der Waals surface area contributed by atoms with Crippen LogP contribution in [0.25, 0.3) is 66.7 Å². The molecule has 10 rings (SSSR count). The van der Waals surface area contributed by atoms with E-state index in [1.54, 1.807) is 5.19 Å². The second-order valence-corrected chi connectivity index (χ2v) is 26.4. The molecule has 1 radical (unpaired) electrons. The van der Waals surface area contributed by atoms with Gasteiger partial charge < -0.3 is 13.6 Å². The van der Waals surface area contributed by atoms with Crippen molar-refractivity contribution in [2.45, 2.75) is 123 Å². The summed E-state index contributed by atoms with van der Waals surface area (Å²) in [6.07, 6.45) is 17.7. The van der Waals surface area contributed by atoms with Crippen LogP contribution in [0, 0.1) is 47.7 Å². The summed E-state index contributed by atoms with van der Waals surface area (Å²) >= 11 is 0. The molecule has 2 saturated carbocycles. The number of nitrogens with zero attached hydrogens (tertiary/aromatic N) is 3. The Morgan fingerprint density at radius 2 is 1.30 bits per heavy atom. The number of furan rings is 1. The van der Waals surface area contributed by atoms with E-state index in [4.69, 9.17) is 4.42 Å². The molecule has 2 aliphatic carbocycles. The molecular weight excluding hydrogens is 1040 g/mol. The van der Waals surface area contributed by atoms with E-state index in [-0.39, 0.29) is 20.1 Å². The Balaban J connectivity index is 0.000000185. The van der Waals surface area contributed by atoms with Gasteiger partial charge in [0, 0.05) is 56.4 Å². The number of benzene rings is 4. The third kappa shape index (κ3) is 10.8. The first kappa shape index (κ1) is 49.9. The van der Waals surface area contributed by atoms with E-state index >= 15 is 0 Å². The molecule has 0 bridgehead atoms. The molecule has 0 unspecified atom stereocenters. The monoisotopic (exact) mass is 1110 g/mol. The predicted octanol–water partition coefficient (Wildman–Crippen LogP) is 15.6. The van der Waals surface area contributed by atoms with Gasteiger partial charge in [-0.15, -0.1) is 29.3 Å². The van der Waals surface area contributed by atoms with Gasteiger partial charge in [0.25, 0.3) is 0 Å². The van der Waals surface area contributed by atoms with Crippen molar-refractivity contribution in [1.29, 1.82) is 0 Å². The molecule has 4 aromatic heterocycles. The largest absolute Gasteiger partial charge is 0.469 e. The van der Waals surface area contributed by atoms with Crippen LogP contribution in [-0.4, -0.2) is 13.1 Å². The Bertz CT molecular complexity index is 3090. The molecule has 0 atom stereocenters. The minimum Gasteiger partial charge on any atom is -0.469 e. The first-order valence-electron chi connectivity index (χ1n) is 25.2. The maximum absolute atomic E-state index is 6.46. The standard InChI is InChI=1S/C34H34NO.C29H37N2Si.Ir/c1-22(2)28-18-27(25-13-9-6-10-14-25)20-33-34(28)30-21-29(23(3)17-32(30)36-33)31-19-26(15-16-35(31)4)24-11-7-5-8-12-24;1-20-14-24(25-15-21(2)30-22(3)16-25)12-13-27(20)28-18-26(17-23-10-8-9-11-23)29(19-31(28)4)32(5,6)7;/h6,9-10,13-22,24H,3-5,7-8,11-12H2,1-2H3;12-16,18-19,23H,1,4,8-11,17H2,2-3,5-7H3;/q2*-1;. The summed E-state index contributed by atoms with van der Waals surface area (Å²) in [5, 5.41) is 3.91. The number of aryl methyl sites for hydroxylation is 2. The van der Waals surface area contributed by atoms with Crippen LogP contribution in [0.3, 0.4) is 0 Å². The molecule has 359 valence electrons. The van der Waals surface area contributed by atoms with E-state index in [9.17, 15) is 0 Å². The normalized spacial score (nSPS) is 14.6. The summed E-state index contributed by atoms with van der Waals surface area (Å²) < 4.78 is 10.5. The summed E-state index contributed by atoms with van der Waals surface area (Å²) in [6, 6.07) is 37.4. The Hall–Kier alpha value is -5.52. The van der Waals surface area contributed by atoms with Crippen molar-refractivity contribution in [2.75, 3.05) is 0 Å². The van der Waals surface area contributed by atoms with E-state index in [2.05, 4.69) is 187 Å². The van der Waals surface area contributed by atoms with Crippen LogP contribution in [-0.2, 0) is 26.5 Å². The number of aromatic nitrogens is 3. The average Bonchev–Trinajstić information content (AvgIpc) is 3.96. The number of fused-ring (bicyclic) bond motifs is 3. The number of hydrogen-bond donors (Lipinski definition) is 0. The van der Waals surface area contributed by atoms with Gasteiger partial charge in [-0.1, -0.05) is 156 Å². The zero-order valence-corrected chi connectivity index (χ0v) is 45.6. The van der Waals surface area contributed by atoms with Gasteiger partial charge in [0.15, 0.2) is 0 Å². The van der Waals surface area contributed by atoms with Crippen molar-refractivity contribution in [3.8, 4) is 44.8 Å². The zero-order chi connectivity index (χ0) is 47.9. The molecule has 2 aliphatic rings. The smallest absolute Gasteiger partial charge is 0.134 e. The van der Waals surface area contributed by atoms with Crippen LogP contribution >= 0.6 is 0 Å². The van der Waals surface area contributed by atoms with E-state index < -0.39 is 8.07 Å². The first-order valence-corrected chi connectivity index (χ1v) is 28.7. The number of pyridine rings is 3. The molecule has 0 aliphatic heterocycles. The van der Waals surface area contributed by atoms with Crippen LogP contribution in [0.1, 0.15) is 123 Å². The molecule has 0 saturated heterocycles. The van der Waals surface area contributed by atoms with Crippen LogP contribution in [0.4, 0.5) is 0 Å². The van der Waals surface area contributed by atoms with Crippen LogP contribution in [0.2, 0.25) is 19.6 Å². The minimum absolute atomic E-state index is 0. The van der Waals surface area contributed by atoms with Gasteiger partial charge in [-0.25, -0.2) is 0 Å². The van der Waals surface area contributed by atoms with Crippen molar-refractivity contribution in [3.63, 3.8) is 0 Å². The van der Waals surface area contributed by atoms with E-state index in [1.807, 2.05) is 18.4 Å². The van der Waals surface area contributed by atoms with Crippen LogP contribution in [0.15, 0.2) is 120 Å². The Labute approximate surface area is 428 Å². The van der Waals surface area contributed by atoms with Gasteiger partial charge in [0.1, 0.15) is 5.58 Å². The molecule has 2 fully saturated rings.